The summed E-state index contributed by atoms with van der Waals surface area (Å²) in [6.07, 6.45) is 0. The highest BCUT2D eigenvalue weighted by Gasteiger charge is 2.24. The van der Waals surface area contributed by atoms with Crippen LogP contribution in [0.1, 0.15) is 25.0 Å². The van der Waals surface area contributed by atoms with E-state index in [2.05, 4.69) is 71.0 Å². The van der Waals surface area contributed by atoms with Crippen molar-refractivity contribution in [2.24, 2.45) is 0 Å². The van der Waals surface area contributed by atoms with Crippen LogP contribution in [-0.2, 0) is 17.9 Å². The molecule has 2 aromatic rings. The molecule has 3 rings (SSSR count). The predicted octanol–water partition coefficient (Wildman–Crippen LogP) is 4.50. The number of para-hydroxylation sites is 1. The number of hydrogen-bond donors (Lipinski definition) is 0. The molecule has 0 unspecified atom stereocenters. The van der Waals surface area contributed by atoms with Gasteiger partial charge in [0, 0.05) is 24.7 Å². The average molecular weight is 328 g/mol. The maximum Gasteiger partial charge on any atom is 0.0717 e. The van der Waals surface area contributed by atoms with Crippen LogP contribution >= 0.6 is 12.1 Å². The number of anilines is 1. The fourth-order valence-electron chi connectivity index (χ4n) is 2.61. The molecule has 0 atom stereocenters. The minimum Gasteiger partial charge on any atom is -0.375 e. The molecule has 0 aromatic heterocycles. The molecular formula is C19H24N2OS. The average Bonchev–Trinajstić information content (AvgIpc) is 2.59. The summed E-state index contributed by atoms with van der Waals surface area (Å²) in [6.45, 7) is 7.77. The summed E-state index contributed by atoms with van der Waals surface area (Å²) < 4.78 is 10.6. The number of hydrogen-bond acceptors (Lipinski definition) is 4. The fourth-order valence-corrected chi connectivity index (χ4v) is 3.67. The van der Waals surface area contributed by atoms with E-state index in [1.165, 1.54) is 16.8 Å². The highest BCUT2D eigenvalue weighted by molar-refractivity contribution is 7.98. The van der Waals surface area contributed by atoms with Gasteiger partial charge in [-0.25, -0.2) is 4.31 Å². The van der Waals surface area contributed by atoms with Crippen molar-refractivity contribution in [3.8, 4) is 0 Å². The van der Waals surface area contributed by atoms with Gasteiger partial charge in [-0.2, -0.15) is 0 Å². The van der Waals surface area contributed by atoms with Crippen molar-refractivity contribution in [3.63, 3.8) is 0 Å². The maximum absolute atomic E-state index is 5.86. The minimum atomic E-state index is 0.515. The lowest BCUT2D eigenvalue weighted by molar-refractivity contribution is 0.128. The third-order valence-corrected chi connectivity index (χ3v) is 5.25. The maximum atomic E-state index is 5.86. The van der Waals surface area contributed by atoms with Crippen LogP contribution in [0.3, 0.4) is 0 Å². The molecule has 1 aliphatic heterocycles. The SMILES string of the molecule is CC(C)N1Cc2ccccc2N(CCOCc2ccccc2)S1. The summed E-state index contributed by atoms with van der Waals surface area (Å²) in [7, 11) is 0. The van der Waals surface area contributed by atoms with Crippen molar-refractivity contribution in [2.75, 3.05) is 17.5 Å². The lowest BCUT2D eigenvalue weighted by Gasteiger charge is -2.38. The van der Waals surface area contributed by atoms with Gasteiger partial charge >= 0.3 is 0 Å². The molecule has 4 heteroatoms. The van der Waals surface area contributed by atoms with E-state index in [0.29, 0.717) is 12.6 Å². The third-order valence-electron chi connectivity index (χ3n) is 3.92. The highest BCUT2D eigenvalue weighted by Crippen LogP contribution is 2.36. The molecule has 0 spiro atoms. The summed E-state index contributed by atoms with van der Waals surface area (Å²) in [6, 6.07) is 19.5. The molecular weight excluding hydrogens is 304 g/mol. The normalized spacial score (nSPS) is 15.0. The van der Waals surface area contributed by atoms with Gasteiger partial charge in [-0.3, -0.25) is 0 Å². The van der Waals surface area contributed by atoms with Crippen molar-refractivity contribution in [1.29, 1.82) is 0 Å². The molecule has 23 heavy (non-hydrogen) atoms. The van der Waals surface area contributed by atoms with E-state index in [9.17, 15) is 0 Å². The standard InChI is InChI=1S/C19H24N2OS/c1-16(2)21-14-18-10-6-7-11-19(18)20(23-21)12-13-22-15-17-8-4-3-5-9-17/h3-11,16H,12-15H2,1-2H3. The van der Waals surface area contributed by atoms with Gasteiger partial charge < -0.3 is 9.04 Å². The zero-order valence-corrected chi connectivity index (χ0v) is 14.6. The van der Waals surface area contributed by atoms with E-state index in [-0.39, 0.29) is 0 Å². The molecule has 0 radical (unpaired) electrons. The van der Waals surface area contributed by atoms with Gasteiger partial charge in [0.1, 0.15) is 0 Å². The summed E-state index contributed by atoms with van der Waals surface area (Å²) >= 11 is 1.82. The van der Waals surface area contributed by atoms with Gasteiger partial charge in [-0.05, 0) is 31.0 Å². The zero-order chi connectivity index (χ0) is 16.1. The van der Waals surface area contributed by atoms with Crippen LogP contribution in [0.4, 0.5) is 5.69 Å². The smallest absolute Gasteiger partial charge is 0.0717 e. The van der Waals surface area contributed by atoms with Crippen molar-refractivity contribution in [1.82, 2.24) is 4.31 Å². The quantitative estimate of drug-likeness (QED) is 0.573. The van der Waals surface area contributed by atoms with E-state index in [1.54, 1.807) is 0 Å². The molecule has 0 bridgehead atoms. The Morgan fingerprint density at radius 1 is 1.04 bits per heavy atom. The first-order valence-electron chi connectivity index (χ1n) is 8.16. The van der Waals surface area contributed by atoms with Crippen molar-refractivity contribution in [3.05, 3.63) is 65.7 Å². The van der Waals surface area contributed by atoms with Crippen LogP contribution in [0.5, 0.6) is 0 Å². The molecule has 1 heterocycles. The molecule has 0 saturated heterocycles. The lowest BCUT2D eigenvalue weighted by atomic mass is 10.1. The van der Waals surface area contributed by atoms with E-state index < -0.39 is 0 Å². The summed E-state index contributed by atoms with van der Waals surface area (Å²) in [4.78, 5) is 0. The Hall–Kier alpha value is -1.49. The predicted molar refractivity (Wildman–Crippen MR) is 98.2 cm³/mol. The Bertz CT molecular complexity index is 618. The van der Waals surface area contributed by atoms with E-state index in [1.807, 2.05) is 18.2 Å². The number of nitrogens with zero attached hydrogens (tertiary/aromatic N) is 2. The topological polar surface area (TPSA) is 15.7 Å². The number of benzene rings is 2. The molecule has 0 saturated carbocycles. The molecule has 0 aliphatic carbocycles. The Labute approximate surface area is 143 Å². The van der Waals surface area contributed by atoms with Crippen LogP contribution in [0.2, 0.25) is 0 Å². The zero-order valence-electron chi connectivity index (χ0n) is 13.8. The molecule has 0 fully saturated rings. The van der Waals surface area contributed by atoms with Gasteiger partial charge in [-0.1, -0.05) is 48.5 Å². The van der Waals surface area contributed by atoms with Gasteiger partial charge in [0.05, 0.1) is 25.4 Å². The Morgan fingerprint density at radius 2 is 1.78 bits per heavy atom. The first-order valence-corrected chi connectivity index (χ1v) is 8.89. The molecule has 0 amide bonds. The monoisotopic (exact) mass is 328 g/mol. The van der Waals surface area contributed by atoms with Crippen LogP contribution < -0.4 is 4.31 Å². The van der Waals surface area contributed by atoms with Crippen molar-refractivity contribution < 1.29 is 4.74 Å². The third kappa shape index (κ3) is 4.28. The van der Waals surface area contributed by atoms with Crippen LogP contribution in [0.15, 0.2) is 54.6 Å². The lowest BCUT2D eigenvalue weighted by Crippen LogP contribution is -2.36. The summed E-state index contributed by atoms with van der Waals surface area (Å²) in [5.41, 5.74) is 3.93. The Balaban J connectivity index is 1.58. The van der Waals surface area contributed by atoms with E-state index in [4.69, 9.17) is 4.74 Å². The van der Waals surface area contributed by atoms with Gasteiger partial charge in [-0.15, -0.1) is 0 Å². The number of ether oxygens (including phenoxy) is 1. The van der Waals surface area contributed by atoms with Crippen LogP contribution in [-0.4, -0.2) is 23.5 Å². The molecule has 1 aliphatic rings. The molecule has 3 nitrogen and oxygen atoms in total. The summed E-state index contributed by atoms with van der Waals surface area (Å²) in [5.74, 6) is 0. The summed E-state index contributed by atoms with van der Waals surface area (Å²) in [5, 5.41) is 0. The van der Waals surface area contributed by atoms with Gasteiger partial charge in [0.2, 0.25) is 0 Å². The van der Waals surface area contributed by atoms with Crippen molar-refractivity contribution in [2.45, 2.75) is 33.0 Å². The van der Waals surface area contributed by atoms with Crippen molar-refractivity contribution >= 4 is 17.8 Å². The fraction of sp³-hybridized carbons (Fsp3) is 0.368. The second-order valence-corrected chi connectivity index (χ2v) is 7.09. The van der Waals surface area contributed by atoms with Gasteiger partial charge in [0.15, 0.2) is 0 Å². The number of rotatable bonds is 6. The second kappa shape index (κ2) is 7.86. The largest absolute Gasteiger partial charge is 0.375 e. The molecule has 2 aromatic carbocycles. The first-order chi connectivity index (χ1) is 11.2. The molecule has 0 N–H and O–H groups in total. The Kier molecular flexibility index (Phi) is 5.60. The van der Waals surface area contributed by atoms with E-state index >= 15 is 0 Å². The van der Waals surface area contributed by atoms with E-state index in [0.717, 1.165) is 19.7 Å². The van der Waals surface area contributed by atoms with Crippen LogP contribution in [0.25, 0.3) is 0 Å². The van der Waals surface area contributed by atoms with Crippen LogP contribution in [0, 0.1) is 0 Å². The van der Waals surface area contributed by atoms with Gasteiger partial charge in [0.25, 0.3) is 0 Å². The first kappa shape index (κ1) is 16.4. The second-order valence-electron chi connectivity index (χ2n) is 6.02. The number of fused-ring (bicyclic) bond motifs is 1. The molecule has 122 valence electrons. The minimum absolute atomic E-state index is 0.515. The Morgan fingerprint density at radius 3 is 2.57 bits per heavy atom. The highest BCUT2D eigenvalue weighted by atomic mass is 32.2.